The molecular formula is C28H50. The highest BCUT2D eigenvalue weighted by atomic mass is 14.6. The summed E-state index contributed by atoms with van der Waals surface area (Å²) in [6.45, 7) is 14.1. The Morgan fingerprint density at radius 1 is 0.893 bits per heavy atom. The van der Waals surface area contributed by atoms with Gasteiger partial charge in [0.2, 0.25) is 0 Å². The molecule has 0 nitrogen and oxygen atoms in total. The van der Waals surface area contributed by atoms with Crippen LogP contribution in [0.5, 0.6) is 0 Å². The van der Waals surface area contributed by atoms with E-state index in [1.807, 2.05) is 25.0 Å². The van der Waals surface area contributed by atoms with Gasteiger partial charge in [0.05, 0.1) is 0 Å². The van der Waals surface area contributed by atoms with Crippen LogP contribution in [-0.4, -0.2) is 0 Å². The van der Waals surface area contributed by atoms with Crippen LogP contribution in [0.3, 0.4) is 0 Å². The van der Waals surface area contributed by atoms with Crippen molar-refractivity contribution in [3.05, 3.63) is 11.1 Å². The predicted molar refractivity (Wildman–Crippen MR) is 125 cm³/mol. The Hall–Kier alpha value is -0.260. The van der Waals surface area contributed by atoms with Crippen LogP contribution in [0.2, 0.25) is 0 Å². The van der Waals surface area contributed by atoms with Crippen LogP contribution in [0.1, 0.15) is 131 Å². The molecule has 0 amide bonds. The fourth-order valence-corrected chi connectivity index (χ4v) is 8.02. The molecule has 0 spiro atoms. The maximum atomic E-state index is 2.71. The first kappa shape index (κ1) is 22.4. The molecular weight excluding hydrogens is 336 g/mol. The zero-order valence-corrected chi connectivity index (χ0v) is 20.2. The average molecular weight is 387 g/mol. The van der Waals surface area contributed by atoms with E-state index in [-0.39, 0.29) is 0 Å². The first-order valence-corrected chi connectivity index (χ1v) is 13.2. The summed E-state index contributed by atoms with van der Waals surface area (Å²) in [4.78, 5) is 0. The lowest BCUT2D eigenvalue weighted by atomic mass is 9.51. The zero-order chi connectivity index (χ0) is 20.4. The van der Waals surface area contributed by atoms with Gasteiger partial charge in [0.15, 0.2) is 0 Å². The van der Waals surface area contributed by atoms with E-state index in [4.69, 9.17) is 0 Å². The van der Waals surface area contributed by atoms with Crippen LogP contribution < -0.4 is 0 Å². The lowest BCUT2D eigenvalue weighted by Gasteiger charge is -2.54. The Morgan fingerprint density at radius 3 is 2.43 bits per heavy atom. The van der Waals surface area contributed by atoms with Crippen molar-refractivity contribution in [2.24, 2.45) is 34.5 Å². The highest BCUT2D eigenvalue weighted by Crippen LogP contribution is 2.65. The van der Waals surface area contributed by atoms with Crippen molar-refractivity contribution in [2.75, 3.05) is 0 Å². The minimum atomic E-state index is 0.600. The number of unbranched alkanes of at least 4 members (excludes halogenated alkanes) is 1. The summed E-state index contributed by atoms with van der Waals surface area (Å²) in [6.07, 6.45) is 20.9. The molecule has 0 aromatic heterocycles. The molecule has 0 heterocycles. The minimum absolute atomic E-state index is 0.600. The molecule has 4 aliphatic rings. The maximum absolute atomic E-state index is 2.71. The molecule has 5 atom stereocenters. The van der Waals surface area contributed by atoms with E-state index >= 15 is 0 Å². The lowest BCUT2D eigenvalue weighted by molar-refractivity contribution is 0.0807. The van der Waals surface area contributed by atoms with E-state index in [1.54, 1.807) is 0 Å². The quantitative estimate of drug-likeness (QED) is 0.326. The third-order valence-electron chi connectivity index (χ3n) is 9.69. The molecule has 0 heteroatoms. The molecule has 2 saturated carbocycles. The lowest BCUT2D eigenvalue weighted by Crippen LogP contribution is -2.43. The zero-order valence-electron chi connectivity index (χ0n) is 20.2. The van der Waals surface area contributed by atoms with Crippen molar-refractivity contribution in [2.45, 2.75) is 131 Å². The van der Waals surface area contributed by atoms with Crippen molar-refractivity contribution < 1.29 is 0 Å². The van der Waals surface area contributed by atoms with E-state index in [9.17, 15) is 0 Å². The van der Waals surface area contributed by atoms with E-state index in [1.165, 1.54) is 89.9 Å². The number of fused-ring (bicyclic) bond motifs is 4. The number of hydrogen-bond acceptors (Lipinski definition) is 0. The third kappa shape index (κ3) is 4.00. The smallest absolute Gasteiger partial charge is 0.00852 e. The molecule has 4 rings (SSSR count). The molecule has 28 heavy (non-hydrogen) atoms. The van der Waals surface area contributed by atoms with Crippen LogP contribution in [-0.2, 0) is 0 Å². The second kappa shape index (κ2) is 9.26. The van der Waals surface area contributed by atoms with Crippen LogP contribution in [0.15, 0.2) is 11.1 Å². The summed E-state index contributed by atoms with van der Waals surface area (Å²) in [7, 11) is 0. The van der Waals surface area contributed by atoms with Crippen LogP contribution in [0.25, 0.3) is 0 Å². The van der Waals surface area contributed by atoms with Gasteiger partial charge >= 0.3 is 0 Å². The fraction of sp³-hybridized carbons (Fsp3) is 0.929. The summed E-state index contributed by atoms with van der Waals surface area (Å²) < 4.78 is 0. The normalized spacial score (nSPS) is 39.8. The van der Waals surface area contributed by atoms with Gasteiger partial charge in [-0.2, -0.15) is 0 Å². The van der Waals surface area contributed by atoms with Crippen molar-refractivity contribution in [1.82, 2.24) is 0 Å². The average Bonchev–Trinajstić information content (AvgIpc) is 3.02. The summed E-state index contributed by atoms with van der Waals surface area (Å²) in [6, 6.07) is 0. The van der Waals surface area contributed by atoms with E-state index in [0.29, 0.717) is 10.8 Å². The maximum Gasteiger partial charge on any atom is -0.00852 e. The van der Waals surface area contributed by atoms with Crippen molar-refractivity contribution >= 4 is 0 Å². The van der Waals surface area contributed by atoms with Gasteiger partial charge < -0.3 is 0 Å². The van der Waals surface area contributed by atoms with E-state index in [0.717, 1.165) is 23.7 Å². The predicted octanol–water partition coefficient (Wildman–Crippen LogP) is 9.34. The molecule has 0 N–H and O–H groups in total. The molecule has 0 radical (unpaired) electrons. The first-order chi connectivity index (χ1) is 13.4. The number of hydrogen-bond donors (Lipinski definition) is 0. The second-order valence-corrected chi connectivity index (χ2v) is 11.4. The number of rotatable bonds is 5. The first-order valence-electron chi connectivity index (χ1n) is 13.2. The van der Waals surface area contributed by atoms with Gasteiger partial charge in [0, 0.05) is 0 Å². The summed E-state index contributed by atoms with van der Waals surface area (Å²) in [5, 5.41) is 0. The molecule has 0 aliphatic heterocycles. The minimum Gasteiger partial charge on any atom is -0.0683 e. The van der Waals surface area contributed by atoms with Gasteiger partial charge in [0.25, 0.3) is 0 Å². The van der Waals surface area contributed by atoms with E-state index < -0.39 is 0 Å². The Labute approximate surface area is 177 Å². The highest BCUT2D eigenvalue weighted by Gasteiger charge is 2.54. The van der Waals surface area contributed by atoms with Crippen LogP contribution in [0, 0.1) is 34.5 Å². The fourth-order valence-electron chi connectivity index (χ4n) is 8.02. The number of allylic oxidation sites excluding steroid dienone is 2. The molecule has 0 bridgehead atoms. The van der Waals surface area contributed by atoms with Crippen molar-refractivity contribution in [1.29, 1.82) is 0 Å². The Morgan fingerprint density at radius 2 is 1.68 bits per heavy atom. The van der Waals surface area contributed by atoms with Gasteiger partial charge in [-0.05, 0) is 92.3 Å². The summed E-state index contributed by atoms with van der Waals surface area (Å²) in [5.74, 6) is 3.88. The highest BCUT2D eigenvalue weighted by molar-refractivity contribution is 5.34. The largest absolute Gasteiger partial charge is 0.0683 e. The van der Waals surface area contributed by atoms with Crippen molar-refractivity contribution in [3.63, 3.8) is 0 Å². The molecule has 0 aromatic rings. The van der Waals surface area contributed by atoms with Gasteiger partial charge in [-0.1, -0.05) is 84.8 Å². The topological polar surface area (TPSA) is 0 Å². The van der Waals surface area contributed by atoms with Crippen molar-refractivity contribution in [3.8, 4) is 0 Å². The third-order valence-corrected chi connectivity index (χ3v) is 9.69. The Kier molecular flexibility index (Phi) is 7.42. The van der Waals surface area contributed by atoms with Gasteiger partial charge in [0.1, 0.15) is 0 Å². The Bertz CT molecular complexity index is 540. The molecule has 4 aliphatic carbocycles. The van der Waals surface area contributed by atoms with Crippen LogP contribution in [0.4, 0.5) is 0 Å². The standard InChI is InChI=1S/C26H44.C2H6/c1-19(2)9-5-6-10-21-13-15-23-22-14-12-20-11-7-8-17-25(20,3)24(22)16-18-26(21,23)4;1-2/h19-21,23H,5-18H2,1-4H3;1-2H3/t20-,21+,23+,25+,26-;/m1./s1. The monoisotopic (exact) mass is 386 g/mol. The molecule has 162 valence electrons. The SMILES string of the molecule is CC.CC(C)CCCC[C@H]1CC[C@H]2C3=C(CC[C@]12C)[C@@]1(C)CCCC[C@@H]1CC3. The second-order valence-electron chi connectivity index (χ2n) is 11.4. The molecule has 2 fully saturated rings. The summed E-state index contributed by atoms with van der Waals surface area (Å²) >= 11 is 0. The Balaban J connectivity index is 0.00000109. The summed E-state index contributed by atoms with van der Waals surface area (Å²) in [5.41, 5.74) is 5.25. The van der Waals surface area contributed by atoms with Gasteiger partial charge in [-0.25, -0.2) is 0 Å². The molecule has 0 aromatic carbocycles. The van der Waals surface area contributed by atoms with Gasteiger partial charge in [-0.15, -0.1) is 0 Å². The van der Waals surface area contributed by atoms with Gasteiger partial charge in [-0.3, -0.25) is 0 Å². The molecule has 0 unspecified atom stereocenters. The van der Waals surface area contributed by atoms with Crippen LogP contribution >= 0.6 is 0 Å². The molecule has 0 saturated heterocycles. The van der Waals surface area contributed by atoms with E-state index in [2.05, 4.69) is 27.7 Å².